The first-order valence-corrected chi connectivity index (χ1v) is 2.21. The molecule has 2 nitrogen and oxygen atoms in total. The molecule has 0 fully saturated rings. The van der Waals surface area contributed by atoms with Crippen molar-refractivity contribution in [3.63, 3.8) is 0 Å². The Morgan fingerprint density at radius 1 is 1.67 bits per heavy atom. The maximum absolute atomic E-state index is 5.12. The first-order valence-electron chi connectivity index (χ1n) is 2.21. The van der Waals surface area contributed by atoms with Crippen molar-refractivity contribution in [1.29, 1.82) is 0 Å². The summed E-state index contributed by atoms with van der Waals surface area (Å²) >= 11 is 0. The fourth-order valence-corrected chi connectivity index (χ4v) is 0.236. The molecule has 0 atom stereocenters. The zero-order valence-corrected chi connectivity index (χ0v) is 4.36. The van der Waals surface area contributed by atoms with Gasteiger partial charge in [0.1, 0.15) is 0 Å². The number of hydrogen-bond acceptors (Lipinski definition) is 2. The molecular formula is C3H11BN2. The van der Waals surface area contributed by atoms with Crippen LogP contribution in [0.5, 0.6) is 0 Å². The van der Waals surface area contributed by atoms with Gasteiger partial charge in [-0.05, 0) is 6.04 Å². The number of hydrogen-bond donors (Lipinski definition) is 2. The van der Waals surface area contributed by atoms with E-state index in [0.717, 1.165) is 0 Å². The van der Waals surface area contributed by atoms with E-state index in [2.05, 4.69) is 19.1 Å². The number of nitrogens with two attached hydrogens (primary N) is 1. The highest BCUT2D eigenvalue weighted by molar-refractivity contribution is 6.27. The smallest absolute Gasteiger partial charge is 0.283 e. The van der Waals surface area contributed by atoms with Crippen LogP contribution in [0, 0.1) is 0 Å². The highest BCUT2D eigenvalue weighted by atomic mass is 14.8. The minimum atomic E-state index is 0.523. The molecule has 3 heteroatoms. The van der Waals surface area contributed by atoms with Gasteiger partial charge in [0.2, 0.25) is 0 Å². The predicted octanol–water partition coefficient (Wildman–Crippen LogP) is -0.790. The van der Waals surface area contributed by atoms with Crippen LogP contribution in [0.4, 0.5) is 0 Å². The molecule has 0 aromatic heterocycles. The molecule has 6 heavy (non-hydrogen) atoms. The van der Waals surface area contributed by atoms with Crippen molar-refractivity contribution in [1.82, 2.24) is 5.23 Å². The lowest BCUT2D eigenvalue weighted by Gasteiger charge is -1.99. The Morgan fingerprint density at radius 3 is 2.17 bits per heavy atom. The van der Waals surface area contributed by atoms with E-state index < -0.39 is 0 Å². The van der Waals surface area contributed by atoms with Crippen LogP contribution in [0.25, 0.3) is 0 Å². The van der Waals surface area contributed by atoms with E-state index in [9.17, 15) is 0 Å². The molecule has 0 aliphatic rings. The minimum absolute atomic E-state index is 0.523. The quantitative estimate of drug-likeness (QED) is 0.432. The van der Waals surface area contributed by atoms with E-state index in [1.807, 2.05) is 0 Å². The topological polar surface area (TPSA) is 38.0 Å². The van der Waals surface area contributed by atoms with Crippen molar-refractivity contribution in [3.8, 4) is 0 Å². The lowest BCUT2D eigenvalue weighted by Crippen LogP contribution is -2.32. The molecule has 36 valence electrons. The molecular weight excluding hydrogens is 74.9 g/mol. The highest BCUT2D eigenvalue weighted by Crippen LogP contribution is 1.67. The Morgan fingerprint density at radius 2 is 2.17 bits per heavy atom. The molecule has 0 radical (unpaired) electrons. The van der Waals surface area contributed by atoms with Crippen molar-refractivity contribution in [2.24, 2.45) is 5.64 Å². The Kier molecular flexibility index (Phi) is 3.18. The van der Waals surface area contributed by atoms with Crippen LogP contribution in [0.1, 0.15) is 13.8 Å². The highest BCUT2D eigenvalue weighted by Gasteiger charge is 1.84. The summed E-state index contributed by atoms with van der Waals surface area (Å²) in [5.41, 5.74) is 5.12. The largest absolute Gasteiger partial charge is 0.359 e. The van der Waals surface area contributed by atoms with Gasteiger partial charge in [-0.15, -0.1) is 0 Å². The number of nitrogens with one attached hydrogen (secondary N) is 1. The van der Waals surface area contributed by atoms with E-state index in [4.69, 9.17) is 5.64 Å². The third-order valence-electron chi connectivity index (χ3n) is 0.526. The van der Waals surface area contributed by atoms with Gasteiger partial charge in [0.15, 0.2) is 0 Å². The van der Waals surface area contributed by atoms with Crippen molar-refractivity contribution in [2.75, 3.05) is 0 Å². The summed E-state index contributed by atoms with van der Waals surface area (Å²) in [4.78, 5) is 0. The van der Waals surface area contributed by atoms with Crippen molar-refractivity contribution in [2.45, 2.75) is 19.9 Å². The molecule has 0 saturated heterocycles. The average Bonchev–Trinajstić information content (AvgIpc) is 1.35. The van der Waals surface area contributed by atoms with E-state index >= 15 is 0 Å². The van der Waals surface area contributed by atoms with Crippen LogP contribution >= 0.6 is 0 Å². The first-order chi connectivity index (χ1) is 2.77. The SMILES string of the molecule is CC(C)NBN. The Labute approximate surface area is 39.4 Å². The zero-order chi connectivity index (χ0) is 4.99. The van der Waals surface area contributed by atoms with Gasteiger partial charge in [-0.3, -0.25) is 0 Å². The van der Waals surface area contributed by atoms with Crippen LogP contribution in [0.3, 0.4) is 0 Å². The van der Waals surface area contributed by atoms with Gasteiger partial charge in [0.05, 0.1) is 0 Å². The van der Waals surface area contributed by atoms with E-state index in [1.165, 1.54) is 0 Å². The Hall–Kier alpha value is -0.0151. The van der Waals surface area contributed by atoms with Crippen LogP contribution in [-0.2, 0) is 0 Å². The molecule has 0 spiro atoms. The van der Waals surface area contributed by atoms with Crippen molar-refractivity contribution in [3.05, 3.63) is 0 Å². The molecule has 0 heterocycles. The van der Waals surface area contributed by atoms with Crippen LogP contribution in [-0.4, -0.2) is 13.6 Å². The van der Waals surface area contributed by atoms with E-state index in [-0.39, 0.29) is 0 Å². The van der Waals surface area contributed by atoms with Crippen LogP contribution in [0.2, 0.25) is 0 Å². The second-order valence-electron chi connectivity index (χ2n) is 1.56. The molecule has 0 saturated carbocycles. The van der Waals surface area contributed by atoms with Gasteiger partial charge in [-0.1, -0.05) is 13.8 Å². The summed E-state index contributed by atoms with van der Waals surface area (Å²) in [5.74, 6) is 0. The zero-order valence-electron chi connectivity index (χ0n) is 4.36. The predicted molar refractivity (Wildman–Crippen MR) is 29.6 cm³/mol. The summed E-state index contributed by atoms with van der Waals surface area (Å²) in [6, 6.07) is 0.523. The summed E-state index contributed by atoms with van der Waals surface area (Å²) in [6.07, 6.45) is 0. The summed E-state index contributed by atoms with van der Waals surface area (Å²) in [7, 11) is 0.581. The Balaban J connectivity index is 2.63. The summed E-state index contributed by atoms with van der Waals surface area (Å²) < 4.78 is 0. The monoisotopic (exact) mass is 86.1 g/mol. The molecule has 0 rings (SSSR count). The van der Waals surface area contributed by atoms with E-state index in [0.29, 0.717) is 13.6 Å². The van der Waals surface area contributed by atoms with Gasteiger partial charge in [-0.25, -0.2) is 0 Å². The molecule has 0 amide bonds. The second kappa shape index (κ2) is 3.19. The van der Waals surface area contributed by atoms with Gasteiger partial charge in [0.25, 0.3) is 7.55 Å². The second-order valence-corrected chi connectivity index (χ2v) is 1.56. The average molecular weight is 85.9 g/mol. The molecule has 3 N–H and O–H groups in total. The lowest BCUT2D eigenvalue weighted by molar-refractivity contribution is 0.752. The lowest BCUT2D eigenvalue weighted by atomic mass is 10.2. The molecule has 0 bridgehead atoms. The summed E-state index contributed by atoms with van der Waals surface area (Å²) in [5, 5.41) is 2.99. The molecule has 0 aliphatic carbocycles. The standard InChI is InChI=1S/C3H11BN2/c1-3(2)6-4-5/h3-4,6H,5H2,1-2H3. The van der Waals surface area contributed by atoms with Gasteiger partial charge < -0.3 is 10.9 Å². The number of rotatable bonds is 2. The van der Waals surface area contributed by atoms with E-state index in [1.54, 1.807) is 0 Å². The maximum atomic E-state index is 5.12. The fourth-order valence-electron chi connectivity index (χ4n) is 0.236. The van der Waals surface area contributed by atoms with Crippen molar-refractivity contribution >= 4 is 7.55 Å². The van der Waals surface area contributed by atoms with Crippen molar-refractivity contribution < 1.29 is 0 Å². The minimum Gasteiger partial charge on any atom is -0.359 e. The van der Waals surface area contributed by atoms with Gasteiger partial charge in [-0.2, -0.15) is 0 Å². The van der Waals surface area contributed by atoms with Crippen LogP contribution in [0.15, 0.2) is 0 Å². The normalized spacial score (nSPS) is 9.33. The van der Waals surface area contributed by atoms with Gasteiger partial charge >= 0.3 is 0 Å². The maximum Gasteiger partial charge on any atom is 0.283 e. The third kappa shape index (κ3) is 3.98. The van der Waals surface area contributed by atoms with Gasteiger partial charge in [0, 0.05) is 0 Å². The molecule has 0 aliphatic heterocycles. The third-order valence-corrected chi connectivity index (χ3v) is 0.526. The Bertz CT molecular complexity index is 30.0. The summed E-state index contributed by atoms with van der Waals surface area (Å²) in [6.45, 7) is 4.12. The fraction of sp³-hybridized carbons (Fsp3) is 1.00. The molecule has 0 aromatic rings. The molecule has 0 aromatic carbocycles. The first kappa shape index (κ1) is 5.98. The van der Waals surface area contributed by atoms with Crippen LogP contribution < -0.4 is 10.9 Å². The molecule has 0 unspecified atom stereocenters.